The number of benzene rings is 1. The number of nitrogens with zero attached hydrogens (tertiary/aromatic N) is 2. The van der Waals surface area contributed by atoms with Gasteiger partial charge in [-0.2, -0.15) is 0 Å². The Morgan fingerprint density at radius 2 is 1.84 bits per heavy atom. The molecule has 0 aromatic heterocycles. The number of carbonyl (C=O) groups is 1. The standard InChI is InChI=1S/C26H38N2O3/c1-4-7-10-11-23-16-22(21-12-13-24-25(17-21)31-20-30-24)18-28(23)19-26(29)27(14-8-5-2)15-9-6-3/h12-13,17,22-23H,4-9,14-16,18-20H2,1-3H3/t22-,23-/m0/s1. The van der Waals surface area contributed by atoms with Crippen molar-refractivity contribution in [2.75, 3.05) is 33.0 Å². The normalized spacial score (nSPS) is 19.8. The fraction of sp³-hybridized carbons (Fsp3) is 0.654. The second-order valence-electron chi connectivity index (χ2n) is 8.65. The SMILES string of the molecule is CCCC#C[C@H]1C[C@H](c2ccc3c(c2)OCO3)CN1CC(=O)N(CCCC)CCCC. The molecule has 2 heterocycles. The molecule has 0 saturated carbocycles. The average molecular weight is 427 g/mol. The molecule has 0 N–H and O–H groups in total. The lowest BCUT2D eigenvalue weighted by Crippen LogP contribution is -2.42. The lowest BCUT2D eigenvalue weighted by molar-refractivity contribution is -0.132. The van der Waals surface area contributed by atoms with Gasteiger partial charge >= 0.3 is 0 Å². The second-order valence-corrected chi connectivity index (χ2v) is 8.65. The summed E-state index contributed by atoms with van der Waals surface area (Å²) in [6, 6.07) is 6.36. The molecule has 0 radical (unpaired) electrons. The van der Waals surface area contributed by atoms with Crippen molar-refractivity contribution in [1.82, 2.24) is 9.80 Å². The number of ether oxygens (including phenoxy) is 2. The van der Waals surface area contributed by atoms with Gasteiger partial charge in [-0.15, -0.1) is 5.92 Å². The third-order valence-corrected chi connectivity index (χ3v) is 6.17. The molecule has 31 heavy (non-hydrogen) atoms. The Morgan fingerprint density at radius 1 is 1.10 bits per heavy atom. The van der Waals surface area contributed by atoms with E-state index in [1.54, 1.807) is 0 Å². The van der Waals surface area contributed by atoms with Gasteiger partial charge in [0.1, 0.15) is 0 Å². The Morgan fingerprint density at radius 3 is 2.55 bits per heavy atom. The third-order valence-electron chi connectivity index (χ3n) is 6.17. The summed E-state index contributed by atoms with van der Waals surface area (Å²) in [4.78, 5) is 17.5. The summed E-state index contributed by atoms with van der Waals surface area (Å²) in [6.07, 6.45) is 7.27. The summed E-state index contributed by atoms with van der Waals surface area (Å²) in [5.74, 6) is 9.03. The number of rotatable bonds is 10. The molecule has 3 rings (SSSR count). The molecule has 1 fully saturated rings. The average Bonchev–Trinajstić information content (AvgIpc) is 3.40. The molecule has 1 saturated heterocycles. The molecule has 0 aliphatic carbocycles. The van der Waals surface area contributed by atoms with Crippen LogP contribution in [0.25, 0.3) is 0 Å². The lowest BCUT2D eigenvalue weighted by atomic mass is 9.96. The van der Waals surface area contributed by atoms with E-state index in [1.165, 1.54) is 5.56 Å². The quantitative estimate of drug-likeness (QED) is 0.504. The Kier molecular flexibility index (Phi) is 9.09. The summed E-state index contributed by atoms with van der Waals surface area (Å²) in [6.45, 7) is 9.84. The molecule has 1 aromatic rings. The molecular weight excluding hydrogens is 388 g/mol. The second kappa shape index (κ2) is 12.0. The fourth-order valence-electron chi connectivity index (χ4n) is 4.28. The number of unbranched alkanes of at least 4 members (excludes halogenated alkanes) is 3. The van der Waals surface area contributed by atoms with Crippen LogP contribution in [0.15, 0.2) is 18.2 Å². The predicted octanol–water partition coefficient (Wildman–Crippen LogP) is 4.81. The van der Waals surface area contributed by atoms with Crippen LogP contribution in [0, 0.1) is 11.8 Å². The van der Waals surface area contributed by atoms with Crippen molar-refractivity contribution in [2.45, 2.75) is 77.7 Å². The molecule has 2 aliphatic heterocycles. The van der Waals surface area contributed by atoms with Crippen molar-refractivity contribution in [1.29, 1.82) is 0 Å². The molecule has 1 amide bonds. The van der Waals surface area contributed by atoms with E-state index in [1.807, 2.05) is 6.07 Å². The summed E-state index contributed by atoms with van der Waals surface area (Å²) < 4.78 is 11.0. The van der Waals surface area contributed by atoms with Crippen LogP contribution in [-0.2, 0) is 4.79 Å². The molecule has 0 unspecified atom stereocenters. The van der Waals surface area contributed by atoms with E-state index in [0.29, 0.717) is 19.3 Å². The Balaban J connectivity index is 1.71. The van der Waals surface area contributed by atoms with Crippen LogP contribution in [0.1, 0.15) is 77.2 Å². The fourth-order valence-corrected chi connectivity index (χ4v) is 4.28. The maximum absolute atomic E-state index is 13.2. The largest absolute Gasteiger partial charge is 0.454 e. The van der Waals surface area contributed by atoms with E-state index in [4.69, 9.17) is 9.47 Å². The number of likely N-dealkylation sites (tertiary alicyclic amines) is 1. The molecular formula is C26H38N2O3. The molecule has 1 aromatic carbocycles. The zero-order valence-electron chi connectivity index (χ0n) is 19.5. The maximum atomic E-state index is 13.2. The van der Waals surface area contributed by atoms with Gasteiger partial charge in [0.25, 0.3) is 0 Å². The zero-order valence-corrected chi connectivity index (χ0v) is 19.5. The molecule has 170 valence electrons. The van der Waals surface area contributed by atoms with E-state index in [0.717, 1.165) is 76.1 Å². The molecule has 2 aliphatic rings. The molecule has 2 atom stereocenters. The van der Waals surface area contributed by atoms with Gasteiger partial charge in [-0.3, -0.25) is 9.69 Å². The van der Waals surface area contributed by atoms with Crippen LogP contribution in [0.3, 0.4) is 0 Å². The van der Waals surface area contributed by atoms with Crippen molar-refractivity contribution in [3.8, 4) is 23.3 Å². The van der Waals surface area contributed by atoms with Gasteiger partial charge in [0, 0.05) is 26.1 Å². The maximum Gasteiger partial charge on any atom is 0.236 e. The van der Waals surface area contributed by atoms with Crippen LogP contribution >= 0.6 is 0 Å². The van der Waals surface area contributed by atoms with Gasteiger partial charge < -0.3 is 14.4 Å². The molecule has 5 heteroatoms. The first-order valence-corrected chi connectivity index (χ1v) is 12.1. The van der Waals surface area contributed by atoms with Crippen LogP contribution in [0.4, 0.5) is 0 Å². The van der Waals surface area contributed by atoms with Crippen LogP contribution in [-0.4, -0.2) is 54.7 Å². The summed E-state index contributed by atoms with van der Waals surface area (Å²) in [5.41, 5.74) is 1.25. The molecule has 0 spiro atoms. The number of hydrogen-bond donors (Lipinski definition) is 0. The summed E-state index contributed by atoms with van der Waals surface area (Å²) in [7, 11) is 0. The van der Waals surface area contributed by atoms with Crippen LogP contribution in [0.5, 0.6) is 11.5 Å². The van der Waals surface area contributed by atoms with Crippen molar-refractivity contribution in [3.05, 3.63) is 23.8 Å². The summed E-state index contributed by atoms with van der Waals surface area (Å²) >= 11 is 0. The van der Waals surface area contributed by atoms with E-state index in [2.05, 4.69) is 54.5 Å². The van der Waals surface area contributed by atoms with Gasteiger partial charge in [0.05, 0.1) is 12.6 Å². The van der Waals surface area contributed by atoms with Crippen molar-refractivity contribution >= 4 is 5.91 Å². The van der Waals surface area contributed by atoms with E-state index in [-0.39, 0.29) is 11.9 Å². The first-order chi connectivity index (χ1) is 15.2. The van der Waals surface area contributed by atoms with E-state index >= 15 is 0 Å². The predicted molar refractivity (Wildman–Crippen MR) is 124 cm³/mol. The van der Waals surface area contributed by atoms with E-state index < -0.39 is 0 Å². The highest BCUT2D eigenvalue weighted by atomic mass is 16.7. The highest BCUT2D eigenvalue weighted by molar-refractivity contribution is 5.78. The van der Waals surface area contributed by atoms with Crippen molar-refractivity contribution in [3.63, 3.8) is 0 Å². The minimum Gasteiger partial charge on any atom is -0.454 e. The first kappa shape index (κ1) is 23.5. The minimum atomic E-state index is 0.130. The minimum absolute atomic E-state index is 0.130. The Hall–Kier alpha value is -2.19. The van der Waals surface area contributed by atoms with E-state index in [9.17, 15) is 4.79 Å². The number of carbonyl (C=O) groups excluding carboxylic acids is 1. The molecule has 5 nitrogen and oxygen atoms in total. The van der Waals surface area contributed by atoms with Crippen LogP contribution < -0.4 is 9.47 Å². The summed E-state index contributed by atoms with van der Waals surface area (Å²) in [5, 5.41) is 0. The third kappa shape index (κ3) is 6.40. The number of fused-ring (bicyclic) bond motifs is 1. The highest BCUT2D eigenvalue weighted by Gasteiger charge is 2.34. The Labute approximate surface area is 188 Å². The zero-order chi connectivity index (χ0) is 22.1. The first-order valence-electron chi connectivity index (χ1n) is 12.1. The van der Waals surface area contributed by atoms with Crippen molar-refractivity contribution in [2.24, 2.45) is 0 Å². The monoisotopic (exact) mass is 426 g/mol. The number of hydrogen-bond acceptors (Lipinski definition) is 4. The van der Waals surface area contributed by atoms with Crippen LogP contribution in [0.2, 0.25) is 0 Å². The number of amides is 1. The Bertz CT molecular complexity index is 775. The highest BCUT2D eigenvalue weighted by Crippen LogP contribution is 2.38. The topological polar surface area (TPSA) is 42.0 Å². The van der Waals surface area contributed by atoms with Gasteiger partial charge in [-0.1, -0.05) is 45.6 Å². The van der Waals surface area contributed by atoms with Gasteiger partial charge in [0.15, 0.2) is 11.5 Å². The lowest BCUT2D eigenvalue weighted by Gasteiger charge is -2.27. The van der Waals surface area contributed by atoms with Gasteiger partial charge in [0.2, 0.25) is 12.7 Å². The molecule has 0 bridgehead atoms. The van der Waals surface area contributed by atoms with Gasteiger partial charge in [-0.05, 0) is 49.3 Å². The van der Waals surface area contributed by atoms with Gasteiger partial charge in [-0.25, -0.2) is 0 Å². The smallest absolute Gasteiger partial charge is 0.236 e. The van der Waals surface area contributed by atoms with Crippen molar-refractivity contribution < 1.29 is 14.3 Å².